The highest BCUT2D eigenvalue weighted by Crippen LogP contribution is 2.27. The van der Waals surface area contributed by atoms with Crippen molar-refractivity contribution in [3.8, 4) is 5.19 Å². The van der Waals surface area contributed by atoms with Crippen LogP contribution >= 0.6 is 11.3 Å². The topological polar surface area (TPSA) is 48.1 Å². The molecular formula is C7H12N2OS. The Balaban J connectivity index is 2.97. The zero-order chi connectivity index (χ0) is 8.43. The summed E-state index contributed by atoms with van der Waals surface area (Å²) in [6.07, 6.45) is 0. The van der Waals surface area contributed by atoms with Gasteiger partial charge >= 0.3 is 0 Å². The van der Waals surface area contributed by atoms with Gasteiger partial charge in [-0.15, -0.1) is 0 Å². The first-order chi connectivity index (χ1) is 5.15. The average Bonchev–Trinajstić information content (AvgIpc) is 2.30. The second-order valence-electron chi connectivity index (χ2n) is 2.42. The van der Waals surface area contributed by atoms with Crippen molar-refractivity contribution < 1.29 is 4.74 Å². The first-order valence-electron chi connectivity index (χ1n) is 3.42. The van der Waals surface area contributed by atoms with Crippen LogP contribution in [0.15, 0.2) is 0 Å². The summed E-state index contributed by atoms with van der Waals surface area (Å²) in [4.78, 5) is 5.27. The second-order valence-corrected chi connectivity index (χ2v) is 3.42. The number of hydrogen-bond donors (Lipinski definition) is 1. The van der Waals surface area contributed by atoms with Gasteiger partial charge in [-0.1, -0.05) is 11.3 Å². The van der Waals surface area contributed by atoms with Crippen molar-refractivity contribution in [2.75, 3.05) is 7.11 Å². The van der Waals surface area contributed by atoms with Crippen molar-refractivity contribution in [2.24, 2.45) is 5.73 Å². The van der Waals surface area contributed by atoms with Gasteiger partial charge in [-0.2, -0.15) is 0 Å². The zero-order valence-corrected chi connectivity index (χ0v) is 7.73. The summed E-state index contributed by atoms with van der Waals surface area (Å²) in [7, 11) is 1.61. The summed E-state index contributed by atoms with van der Waals surface area (Å²) in [6, 6.07) is 0.0522. The quantitative estimate of drug-likeness (QED) is 0.735. The minimum Gasteiger partial charge on any atom is -0.473 e. The first-order valence-corrected chi connectivity index (χ1v) is 4.23. The van der Waals surface area contributed by atoms with Crippen molar-refractivity contribution in [3.63, 3.8) is 0 Å². The van der Waals surface area contributed by atoms with E-state index in [-0.39, 0.29) is 6.04 Å². The predicted octanol–water partition coefficient (Wildman–Crippen LogP) is 1.48. The van der Waals surface area contributed by atoms with E-state index in [2.05, 4.69) is 4.98 Å². The van der Waals surface area contributed by atoms with E-state index in [9.17, 15) is 0 Å². The van der Waals surface area contributed by atoms with Gasteiger partial charge in [0.15, 0.2) is 0 Å². The van der Waals surface area contributed by atoms with Crippen molar-refractivity contribution in [2.45, 2.75) is 19.9 Å². The number of aromatic nitrogens is 1. The van der Waals surface area contributed by atoms with Crippen molar-refractivity contribution in [3.05, 3.63) is 10.6 Å². The smallest absolute Gasteiger partial charge is 0.273 e. The lowest BCUT2D eigenvalue weighted by Gasteiger charge is -1.99. The molecule has 11 heavy (non-hydrogen) atoms. The molecule has 0 aliphatic heterocycles. The molecule has 1 aromatic rings. The van der Waals surface area contributed by atoms with Gasteiger partial charge in [-0.3, -0.25) is 0 Å². The van der Waals surface area contributed by atoms with Crippen molar-refractivity contribution in [1.29, 1.82) is 0 Å². The SMILES string of the molecule is COc1nc(C)c(C(C)N)s1. The summed E-state index contributed by atoms with van der Waals surface area (Å²) in [5.41, 5.74) is 6.67. The average molecular weight is 172 g/mol. The number of nitrogens with zero attached hydrogens (tertiary/aromatic N) is 1. The summed E-state index contributed by atoms with van der Waals surface area (Å²) in [6.45, 7) is 3.89. The number of aryl methyl sites for hydroxylation is 1. The summed E-state index contributed by atoms with van der Waals surface area (Å²) < 4.78 is 4.98. The maximum Gasteiger partial charge on any atom is 0.273 e. The van der Waals surface area contributed by atoms with Gasteiger partial charge in [-0.05, 0) is 13.8 Å². The van der Waals surface area contributed by atoms with Gasteiger partial charge in [0.05, 0.1) is 12.8 Å². The normalized spacial score (nSPS) is 13.1. The van der Waals surface area contributed by atoms with Crippen LogP contribution < -0.4 is 10.5 Å². The third-order valence-corrected chi connectivity index (χ3v) is 2.72. The van der Waals surface area contributed by atoms with Gasteiger partial charge in [0, 0.05) is 10.9 Å². The van der Waals surface area contributed by atoms with Crippen LogP contribution in [0, 0.1) is 6.92 Å². The van der Waals surface area contributed by atoms with Crippen LogP contribution in [0.5, 0.6) is 5.19 Å². The summed E-state index contributed by atoms with van der Waals surface area (Å²) in [5.74, 6) is 0. The van der Waals surface area contributed by atoms with Crippen LogP contribution in [0.4, 0.5) is 0 Å². The molecule has 62 valence electrons. The Kier molecular flexibility index (Phi) is 2.46. The maximum absolute atomic E-state index is 5.70. The zero-order valence-electron chi connectivity index (χ0n) is 6.92. The van der Waals surface area contributed by atoms with Crippen LogP contribution in [0.1, 0.15) is 23.5 Å². The molecule has 1 rings (SSSR count). The molecule has 4 heteroatoms. The molecule has 3 nitrogen and oxygen atoms in total. The Morgan fingerprint density at radius 3 is 2.55 bits per heavy atom. The lowest BCUT2D eigenvalue weighted by atomic mass is 10.2. The van der Waals surface area contributed by atoms with Crippen LogP contribution in [0.3, 0.4) is 0 Å². The molecule has 1 heterocycles. The highest BCUT2D eigenvalue weighted by molar-refractivity contribution is 7.13. The van der Waals surface area contributed by atoms with E-state index in [4.69, 9.17) is 10.5 Å². The molecule has 0 saturated carbocycles. The van der Waals surface area contributed by atoms with E-state index < -0.39 is 0 Å². The summed E-state index contributed by atoms with van der Waals surface area (Å²) in [5, 5.41) is 0.690. The molecule has 1 aromatic heterocycles. The lowest BCUT2D eigenvalue weighted by Crippen LogP contribution is -2.03. The summed E-state index contributed by atoms with van der Waals surface area (Å²) >= 11 is 1.51. The Morgan fingerprint density at radius 2 is 2.27 bits per heavy atom. The number of ether oxygens (including phenoxy) is 1. The van der Waals surface area contributed by atoms with Gasteiger partial charge in [0.25, 0.3) is 5.19 Å². The molecule has 2 N–H and O–H groups in total. The minimum atomic E-state index is 0.0522. The Bertz CT molecular complexity index is 245. The van der Waals surface area contributed by atoms with E-state index in [0.29, 0.717) is 5.19 Å². The predicted molar refractivity (Wildman–Crippen MR) is 46.0 cm³/mol. The van der Waals surface area contributed by atoms with Crippen LogP contribution in [0.2, 0.25) is 0 Å². The molecule has 0 bridgehead atoms. The number of hydrogen-bond acceptors (Lipinski definition) is 4. The largest absolute Gasteiger partial charge is 0.473 e. The van der Waals surface area contributed by atoms with Gasteiger partial charge in [-0.25, -0.2) is 4.98 Å². The Hall–Kier alpha value is -0.610. The first kappa shape index (κ1) is 8.49. The molecule has 0 radical (unpaired) electrons. The molecule has 0 saturated heterocycles. The molecule has 0 aliphatic rings. The Morgan fingerprint density at radius 1 is 1.64 bits per heavy atom. The highest BCUT2D eigenvalue weighted by Gasteiger charge is 2.10. The van der Waals surface area contributed by atoms with Gasteiger partial charge in [0.2, 0.25) is 0 Å². The Labute approximate surface area is 70.2 Å². The highest BCUT2D eigenvalue weighted by atomic mass is 32.1. The maximum atomic E-state index is 5.70. The number of nitrogens with two attached hydrogens (primary N) is 1. The number of thiazole rings is 1. The molecule has 0 fully saturated rings. The monoisotopic (exact) mass is 172 g/mol. The molecule has 1 atom stereocenters. The number of methoxy groups -OCH3 is 1. The van der Waals surface area contributed by atoms with Crippen LogP contribution in [-0.2, 0) is 0 Å². The molecule has 0 amide bonds. The molecular weight excluding hydrogens is 160 g/mol. The van der Waals surface area contributed by atoms with E-state index in [1.807, 2.05) is 13.8 Å². The fourth-order valence-corrected chi connectivity index (χ4v) is 1.73. The van der Waals surface area contributed by atoms with E-state index >= 15 is 0 Å². The van der Waals surface area contributed by atoms with Gasteiger partial charge in [0.1, 0.15) is 0 Å². The fraction of sp³-hybridized carbons (Fsp3) is 0.571. The number of rotatable bonds is 2. The molecule has 0 aromatic carbocycles. The third kappa shape index (κ3) is 1.70. The fourth-order valence-electron chi connectivity index (χ4n) is 0.893. The van der Waals surface area contributed by atoms with E-state index in [1.165, 1.54) is 11.3 Å². The second kappa shape index (κ2) is 3.19. The van der Waals surface area contributed by atoms with Crippen molar-refractivity contribution >= 4 is 11.3 Å². The van der Waals surface area contributed by atoms with Gasteiger partial charge < -0.3 is 10.5 Å². The van der Waals surface area contributed by atoms with Crippen molar-refractivity contribution in [1.82, 2.24) is 4.98 Å². The van der Waals surface area contributed by atoms with Crippen LogP contribution in [0.25, 0.3) is 0 Å². The minimum absolute atomic E-state index is 0.0522. The van der Waals surface area contributed by atoms with Crippen LogP contribution in [-0.4, -0.2) is 12.1 Å². The third-order valence-electron chi connectivity index (χ3n) is 1.40. The molecule has 1 unspecified atom stereocenters. The standard InChI is InChI=1S/C7H12N2OS/c1-4(8)6-5(2)9-7(10-3)11-6/h4H,8H2,1-3H3. The molecule has 0 spiro atoms. The van der Waals surface area contributed by atoms with E-state index in [0.717, 1.165) is 10.6 Å². The molecule has 0 aliphatic carbocycles. The van der Waals surface area contributed by atoms with E-state index in [1.54, 1.807) is 7.11 Å². The lowest BCUT2D eigenvalue weighted by molar-refractivity contribution is 0.411.